The molecule has 0 saturated carbocycles. The molecule has 0 atom stereocenters. The van der Waals surface area contributed by atoms with Crippen molar-refractivity contribution in [2.75, 3.05) is 31.4 Å². The normalized spacial score (nSPS) is 11.3. The number of rotatable bonds is 3. The lowest BCUT2D eigenvalue weighted by Gasteiger charge is -2.18. The molecule has 2 nitrogen and oxygen atoms in total. The van der Waals surface area contributed by atoms with Gasteiger partial charge in [-0.15, -0.1) is 0 Å². The van der Waals surface area contributed by atoms with Gasteiger partial charge in [0.15, 0.2) is 0 Å². The van der Waals surface area contributed by atoms with E-state index in [1.165, 1.54) is 12.1 Å². The van der Waals surface area contributed by atoms with Gasteiger partial charge in [-0.2, -0.15) is 13.2 Å². The van der Waals surface area contributed by atoms with Gasteiger partial charge in [0.1, 0.15) is 0 Å². The minimum atomic E-state index is -4.33. The highest BCUT2D eigenvalue weighted by atomic mass is 19.4. The molecular weight excluding hydrogens is 277 g/mol. The van der Waals surface area contributed by atoms with Crippen LogP contribution in [0.15, 0.2) is 42.5 Å². The quantitative estimate of drug-likeness (QED) is 0.898. The van der Waals surface area contributed by atoms with Crippen molar-refractivity contribution in [1.82, 2.24) is 0 Å². The van der Waals surface area contributed by atoms with Crippen LogP contribution >= 0.6 is 0 Å². The third kappa shape index (κ3) is 3.29. The van der Waals surface area contributed by atoms with Crippen LogP contribution in [-0.2, 0) is 6.18 Å². The van der Waals surface area contributed by atoms with Gasteiger partial charge in [-0.05, 0) is 35.4 Å². The Balaban J connectivity index is 2.48. The van der Waals surface area contributed by atoms with Gasteiger partial charge in [0, 0.05) is 21.1 Å². The highest BCUT2D eigenvalue weighted by molar-refractivity contribution is 5.78. The molecule has 0 bridgehead atoms. The van der Waals surface area contributed by atoms with Crippen LogP contribution in [0.2, 0.25) is 0 Å². The van der Waals surface area contributed by atoms with E-state index in [9.17, 15) is 13.2 Å². The molecule has 0 radical (unpaired) electrons. The summed E-state index contributed by atoms with van der Waals surface area (Å²) in [6, 6.07) is 10.9. The van der Waals surface area contributed by atoms with E-state index in [1.807, 2.05) is 37.2 Å². The van der Waals surface area contributed by atoms with Crippen LogP contribution in [0.3, 0.4) is 0 Å². The van der Waals surface area contributed by atoms with Gasteiger partial charge in [-0.3, -0.25) is 0 Å². The van der Waals surface area contributed by atoms with Crippen molar-refractivity contribution in [2.24, 2.45) is 0 Å². The van der Waals surface area contributed by atoms with E-state index in [4.69, 9.17) is 0 Å². The minimum Gasteiger partial charge on any atom is -0.386 e. The smallest absolute Gasteiger partial charge is 0.386 e. The average molecular weight is 294 g/mol. The molecule has 2 aromatic rings. The van der Waals surface area contributed by atoms with Crippen LogP contribution in [-0.4, -0.2) is 21.1 Å². The highest BCUT2D eigenvalue weighted by Crippen LogP contribution is 2.34. The lowest BCUT2D eigenvalue weighted by Crippen LogP contribution is -2.11. The van der Waals surface area contributed by atoms with Crippen molar-refractivity contribution in [3.63, 3.8) is 0 Å². The maximum Gasteiger partial charge on any atom is 0.416 e. The Labute approximate surface area is 122 Å². The molecule has 2 rings (SSSR count). The van der Waals surface area contributed by atoms with Crippen LogP contribution < -0.4 is 10.2 Å². The molecule has 0 spiro atoms. The van der Waals surface area contributed by atoms with E-state index in [-0.39, 0.29) is 0 Å². The summed E-state index contributed by atoms with van der Waals surface area (Å²) in [5.41, 5.74) is 2.51. The lowest BCUT2D eigenvalue weighted by molar-refractivity contribution is -0.137. The van der Waals surface area contributed by atoms with Crippen molar-refractivity contribution in [3.05, 3.63) is 48.0 Å². The molecule has 0 unspecified atom stereocenters. The topological polar surface area (TPSA) is 15.3 Å². The van der Waals surface area contributed by atoms with E-state index < -0.39 is 11.7 Å². The maximum absolute atomic E-state index is 12.8. The highest BCUT2D eigenvalue weighted by Gasteiger charge is 2.30. The van der Waals surface area contributed by atoms with Gasteiger partial charge in [0.2, 0.25) is 0 Å². The predicted octanol–water partition coefficient (Wildman–Crippen LogP) is 4.48. The maximum atomic E-state index is 12.8. The molecule has 0 saturated heterocycles. The van der Waals surface area contributed by atoms with E-state index in [0.717, 1.165) is 23.0 Å². The Morgan fingerprint density at radius 3 is 2.19 bits per heavy atom. The van der Waals surface area contributed by atoms with Crippen LogP contribution in [0.1, 0.15) is 5.56 Å². The van der Waals surface area contributed by atoms with Gasteiger partial charge < -0.3 is 10.2 Å². The second-order valence-electron chi connectivity index (χ2n) is 4.95. The number of halogens is 3. The van der Waals surface area contributed by atoms with Gasteiger partial charge in [-0.25, -0.2) is 0 Å². The first-order chi connectivity index (χ1) is 9.82. The van der Waals surface area contributed by atoms with Gasteiger partial charge in [-0.1, -0.05) is 18.2 Å². The summed E-state index contributed by atoms with van der Waals surface area (Å²) in [5.74, 6) is 0. The van der Waals surface area contributed by atoms with Crippen LogP contribution in [0.25, 0.3) is 11.1 Å². The van der Waals surface area contributed by atoms with Crippen molar-refractivity contribution >= 4 is 11.4 Å². The lowest BCUT2D eigenvalue weighted by atomic mass is 10.0. The second kappa shape index (κ2) is 5.68. The zero-order valence-electron chi connectivity index (χ0n) is 12.1. The Kier molecular flexibility index (Phi) is 4.11. The van der Waals surface area contributed by atoms with Crippen molar-refractivity contribution in [1.29, 1.82) is 0 Å². The Morgan fingerprint density at radius 2 is 1.62 bits per heavy atom. The monoisotopic (exact) mass is 294 g/mol. The number of anilines is 2. The average Bonchev–Trinajstić information content (AvgIpc) is 2.45. The first kappa shape index (κ1) is 15.2. The van der Waals surface area contributed by atoms with Crippen molar-refractivity contribution in [2.45, 2.75) is 6.18 Å². The van der Waals surface area contributed by atoms with Gasteiger partial charge >= 0.3 is 6.18 Å². The Hall–Kier alpha value is -2.17. The van der Waals surface area contributed by atoms with Crippen molar-refractivity contribution < 1.29 is 13.2 Å². The summed E-state index contributed by atoms with van der Waals surface area (Å²) >= 11 is 0. The first-order valence-corrected chi connectivity index (χ1v) is 6.49. The molecule has 0 aliphatic rings. The molecule has 1 N–H and O–H groups in total. The summed E-state index contributed by atoms with van der Waals surface area (Å²) in [5, 5.41) is 3.07. The number of hydrogen-bond donors (Lipinski definition) is 1. The fourth-order valence-corrected chi connectivity index (χ4v) is 2.18. The minimum absolute atomic E-state index is 0.548. The molecule has 2 aromatic carbocycles. The molecule has 0 aliphatic heterocycles. The molecular formula is C16H17F3N2. The molecule has 0 heterocycles. The summed E-state index contributed by atoms with van der Waals surface area (Å²) in [4.78, 5) is 1.95. The van der Waals surface area contributed by atoms with E-state index in [2.05, 4.69) is 5.32 Å². The SMILES string of the molecule is CNc1cc(-c2cccc(C(F)(F)F)c2)ccc1N(C)C. The zero-order chi connectivity index (χ0) is 15.6. The third-order valence-corrected chi connectivity index (χ3v) is 3.27. The third-order valence-electron chi connectivity index (χ3n) is 3.27. The Morgan fingerprint density at radius 1 is 0.952 bits per heavy atom. The zero-order valence-corrected chi connectivity index (χ0v) is 12.1. The van der Waals surface area contributed by atoms with Crippen LogP contribution in [0.4, 0.5) is 24.5 Å². The molecule has 0 fully saturated rings. The van der Waals surface area contributed by atoms with Crippen molar-refractivity contribution in [3.8, 4) is 11.1 Å². The molecule has 0 aromatic heterocycles. The number of benzene rings is 2. The second-order valence-corrected chi connectivity index (χ2v) is 4.95. The summed E-state index contributed by atoms with van der Waals surface area (Å²) in [6.07, 6.45) is -4.33. The van der Waals surface area contributed by atoms with E-state index in [0.29, 0.717) is 5.56 Å². The van der Waals surface area contributed by atoms with Gasteiger partial charge in [0.05, 0.1) is 16.9 Å². The number of nitrogens with one attached hydrogen (secondary N) is 1. The summed E-state index contributed by atoms with van der Waals surface area (Å²) in [7, 11) is 5.62. The number of nitrogens with zero attached hydrogens (tertiary/aromatic N) is 1. The molecule has 5 heteroatoms. The van der Waals surface area contributed by atoms with E-state index in [1.54, 1.807) is 13.1 Å². The predicted molar refractivity (Wildman–Crippen MR) is 80.8 cm³/mol. The largest absolute Gasteiger partial charge is 0.416 e. The number of alkyl halides is 3. The van der Waals surface area contributed by atoms with Crippen LogP contribution in [0.5, 0.6) is 0 Å². The fraction of sp³-hybridized carbons (Fsp3) is 0.250. The fourth-order valence-electron chi connectivity index (χ4n) is 2.18. The first-order valence-electron chi connectivity index (χ1n) is 6.49. The Bertz CT molecular complexity index is 634. The van der Waals surface area contributed by atoms with E-state index >= 15 is 0 Å². The summed E-state index contributed by atoms with van der Waals surface area (Å²) < 4.78 is 38.3. The molecule has 0 amide bonds. The van der Waals surface area contributed by atoms with Gasteiger partial charge in [0.25, 0.3) is 0 Å². The molecule has 0 aliphatic carbocycles. The molecule has 112 valence electrons. The summed E-state index contributed by atoms with van der Waals surface area (Å²) in [6.45, 7) is 0. The van der Waals surface area contributed by atoms with Crippen LogP contribution in [0, 0.1) is 0 Å². The number of hydrogen-bond acceptors (Lipinski definition) is 2. The standard InChI is InChI=1S/C16H17F3N2/c1-20-14-10-12(7-8-15(14)21(2)3)11-5-4-6-13(9-11)16(17,18)19/h4-10,20H,1-3H3. The molecule has 21 heavy (non-hydrogen) atoms.